The Hall–Kier alpha value is -0.770. The van der Waals surface area contributed by atoms with Crippen molar-refractivity contribution in [1.29, 1.82) is 0 Å². The number of aryl methyl sites for hydroxylation is 1. The summed E-state index contributed by atoms with van der Waals surface area (Å²) in [6.45, 7) is 2.78. The predicted octanol–water partition coefficient (Wildman–Crippen LogP) is 3.01. The number of nitrogens with one attached hydrogen (secondary N) is 2. The Bertz CT molecular complexity index is 370. The first-order chi connectivity index (χ1) is 7.63. The summed E-state index contributed by atoms with van der Waals surface area (Å²) in [5.41, 5.74) is 1.81. The normalized spacial score (nSPS) is 9.59. The van der Waals surface area contributed by atoms with E-state index in [1.807, 2.05) is 26.1 Å². The lowest BCUT2D eigenvalue weighted by molar-refractivity contribution is -0.116. The van der Waals surface area contributed by atoms with Crippen molar-refractivity contribution in [3.8, 4) is 0 Å². The third-order valence-corrected chi connectivity index (χ3v) is 2.53. The maximum absolute atomic E-state index is 11.6. The second-order valence-corrected chi connectivity index (χ2v) is 4.15. The number of anilines is 1. The molecule has 1 aromatic carbocycles. The fraction of sp³-hybridized carbons (Fsp3) is 0.417. The molecule has 0 spiro atoms. The van der Waals surface area contributed by atoms with E-state index in [0.29, 0.717) is 11.4 Å². The van der Waals surface area contributed by atoms with E-state index in [2.05, 4.69) is 10.6 Å². The van der Waals surface area contributed by atoms with Gasteiger partial charge >= 0.3 is 0 Å². The first-order valence-corrected chi connectivity index (χ1v) is 5.72. The van der Waals surface area contributed by atoms with Crippen LogP contribution in [0.5, 0.6) is 0 Å². The summed E-state index contributed by atoms with van der Waals surface area (Å²) in [7, 11) is 1.88. The van der Waals surface area contributed by atoms with Gasteiger partial charge in [-0.15, -0.1) is 12.4 Å². The van der Waals surface area contributed by atoms with Gasteiger partial charge in [-0.25, -0.2) is 0 Å². The molecule has 0 atom stereocenters. The fourth-order valence-corrected chi connectivity index (χ4v) is 1.63. The van der Waals surface area contributed by atoms with Crippen LogP contribution in [0, 0.1) is 6.92 Å². The first kappa shape index (κ1) is 16.2. The predicted molar refractivity (Wildman–Crippen MR) is 75.2 cm³/mol. The van der Waals surface area contributed by atoms with Gasteiger partial charge in [0.1, 0.15) is 0 Å². The van der Waals surface area contributed by atoms with Gasteiger partial charge in [-0.3, -0.25) is 4.79 Å². The number of hydrogen-bond acceptors (Lipinski definition) is 2. The average molecular weight is 277 g/mol. The minimum Gasteiger partial charge on any atom is -0.326 e. The van der Waals surface area contributed by atoms with Crippen LogP contribution in [-0.4, -0.2) is 19.5 Å². The highest BCUT2D eigenvalue weighted by Gasteiger charge is 2.04. The van der Waals surface area contributed by atoms with Gasteiger partial charge < -0.3 is 10.6 Å². The van der Waals surface area contributed by atoms with E-state index < -0.39 is 0 Å². The zero-order valence-electron chi connectivity index (χ0n) is 10.0. The molecule has 2 N–H and O–H groups in total. The van der Waals surface area contributed by atoms with Crippen LogP contribution in [0.1, 0.15) is 18.4 Å². The summed E-state index contributed by atoms with van der Waals surface area (Å²) in [4.78, 5) is 11.6. The molecule has 0 aromatic heterocycles. The van der Waals surface area contributed by atoms with Crippen LogP contribution in [0.15, 0.2) is 18.2 Å². The summed E-state index contributed by atoms with van der Waals surface area (Å²) in [5.74, 6) is 0.0423. The van der Waals surface area contributed by atoms with Crippen molar-refractivity contribution >= 4 is 35.6 Å². The molecular formula is C12H18Cl2N2O. The molecule has 0 saturated carbocycles. The van der Waals surface area contributed by atoms with E-state index in [4.69, 9.17) is 11.6 Å². The highest BCUT2D eigenvalue weighted by Crippen LogP contribution is 2.19. The van der Waals surface area contributed by atoms with E-state index in [9.17, 15) is 4.79 Å². The Morgan fingerprint density at radius 3 is 2.71 bits per heavy atom. The van der Waals surface area contributed by atoms with Crippen molar-refractivity contribution in [2.45, 2.75) is 19.8 Å². The summed E-state index contributed by atoms with van der Waals surface area (Å²) >= 11 is 5.83. The van der Waals surface area contributed by atoms with Crippen LogP contribution in [0.25, 0.3) is 0 Å². The zero-order chi connectivity index (χ0) is 12.0. The fourth-order valence-electron chi connectivity index (χ4n) is 1.41. The molecular weight excluding hydrogens is 259 g/mol. The van der Waals surface area contributed by atoms with E-state index >= 15 is 0 Å². The standard InChI is InChI=1S/C12H17ClN2O.ClH/c1-9-8-10(13)5-6-11(9)15-12(16)4-3-7-14-2;/h5-6,8,14H,3-4,7H2,1-2H3,(H,15,16);1H. The third-order valence-electron chi connectivity index (χ3n) is 2.29. The molecule has 0 aliphatic rings. The van der Waals surface area contributed by atoms with Gasteiger partial charge in [0.2, 0.25) is 5.91 Å². The smallest absolute Gasteiger partial charge is 0.224 e. The van der Waals surface area contributed by atoms with Crippen molar-refractivity contribution in [1.82, 2.24) is 5.32 Å². The molecule has 0 aliphatic carbocycles. The van der Waals surface area contributed by atoms with Crippen molar-refractivity contribution in [3.05, 3.63) is 28.8 Å². The third kappa shape index (κ3) is 5.91. The lowest BCUT2D eigenvalue weighted by atomic mass is 10.2. The Balaban J connectivity index is 0.00000256. The number of amides is 1. The van der Waals surface area contributed by atoms with Crippen LogP contribution in [0.4, 0.5) is 5.69 Å². The summed E-state index contributed by atoms with van der Waals surface area (Å²) in [6, 6.07) is 5.44. The molecule has 1 aromatic rings. The Labute approximate surface area is 113 Å². The molecule has 3 nitrogen and oxygen atoms in total. The molecule has 0 fully saturated rings. The number of hydrogen-bond donors (Lipinski definition) is 2. The Morgan fingerprint density at radius 1 is 1.41 bits per heavy atom. The lowest BCUT2D eigenvalue weighted by Crippen LogP contribution is -2.15. The molecule has 17 heavy (non-hydrogen) atoms. The van der Waals surface area contributed by atoms with Crippen LogP contribution in [0.2, 0.25) is 5.02 Å². The van der Waals surface area contributed by atoms with Gasteiger partial charge in [-0.05, 0) is 50.7 Å². The van der Waals surface area contributed by atoms with Crippen LogP contribution in [-0.2, 0) is 4.79 Å². The van der Waals surface area contributed by atoms with E-state index in [0.717, 1.165) is 24.2 Å². The molecule has 0 bridgehead atoms. The molecule has 0 unspecified atom stereocenters. The summed E-state index contributed by atoms with van der Waals surface area (Å²) < 4.78 is 0. The summed E-state index contributed by atoms with van der Waals surface area (Å²) in [6.07, 6.45) is 1.37. The highest BCUT2D eigenvalue weighted by molar-refractivity contribution is 6.30. The average Bonchev–Trinajstić information content (AvgIpc) is 2.23. The minimum absolute atomic E-state index is 0. The molecule has 0 heterocycles. The van der Waals surface area contributed by atoms with E-state index in [-0.39, 0.29) is 18.3 Å². The topological polar surface area (TPSA) is 41.1 Å². The van der Waals surface area contributed by atoms with Gasteiger partial charge in [-0.1, -0.05) is 11.6 Å². The van der Waals surface area contributed by atoms with E-state index in [1.165, 1.54) is 0 Å². The molecule has 96 valence electrons. The van der Waals surface area contributed by atoms with E-state index in [1.54, 1.807) is 6.07 Å². The molecule has 0 saturated heterocycles. The Kier molecular flexibility index (Phi) is 7.96. The molecule has 1 amide bonds. The van der Waals surface area contributed by atoms with Crippen LogP contribution < -0.4 is 10.6 Å². The quantitative estimate of drug-likeness (QED) is 0.812. The van der Waals surface area contributed by atoms with Crippen LogP contribution >= 0.6 is 24.0 Å². The van der Waals surface area contributed by atoms with Crippen molar-refractivity contribution in [2.75, 3.05) is 18.9 Å². The molecule has 0 aliphatic heterocycles. The minimum atomic E-state index is 0. The van der Waals surface area contributed by atoms with Gasteiger partial charge in [0.25, 0.3) is 0 Å². The first-order valence-electron chi connectivity index (χ1n) is 5.34. The molecule has 5 heteroatoms. The zero-order valence-corrected chi connectivity index (χ0v) is 11.6. The number of carbonyl (C=O) groups excluding carboxylic acids is 1. The lowest BCUT2D eigenvalue weighted by Gasteiger charge is -2.08. The second kappa shape index (κ2) is 8.34. The Morgan fingerprint density at radius 2 is 2.12 bits per heavy atom. The largest absolute Gasteiger partial charge is 0.326 e. The van der Waals surface area contributed by atoms with Crippen LogP contribution in [0.3, 0.4) is 0 Å². The number of carbonyl (C=O) groups is 1. The maximum atomic E-state index is 11.6. The van der Waals surface area contributed by atoms with Crippen molar-refractivity contribution in [3.63, 3.8) is 0 Å². The molecule has 0 radical (unpaired) electrons. The number of benzene rings is 1. The van der Waals surface area contributed by atoms with Gasteiger partial charge in [0, 0.05) is 17.1 Å². The SMILES string of the molecule is CNCCCC(=O)Nc1ccc(Cl)cc1C.Cl. The highest BCUT2D eigenvalue weighted by atomic mass is 35.5. The van der Waals surface area contributed by atoms with Gasteiger partial charge in [0.05, 0.1) is 0 Å². The van der Waals surface area contributed by atoms with Gasteiger partial charge in [-0.2, -0.15) is 0 Å². The van der Waals surface area contributed by atoms with Crippen molar-refractivity contribution < 1.29 is 4.79 Å². The monoisotopic (exact) mass is 276 g/mol. The second-order valence-electron chi connectivity index (χ2n) is 3.71. The number of rotatable bonds is 5. The van der Waals surface area contributed by atoms with Crippen molar-refractivity contribution in [2.24, 2.45) is 0 Å². The maximum Gasteiger partial charge on any atom is 0.224 e. The summed E-state index contributed by atoms with van der Waals surface area (Å²) in [5, 5.41) is 6.57. The van der Waals surface area contributed by atoms with Gasteiger partial charge in [0.15, 0.2) is 0 Å². The molecule has 1 rings (SSSR count). The number of halogens is 2.